The lowest BCUT2D eigenvalue weighted by Crippen LogP contribution is -2.29. The normalized spacial score (nSPS) is 16.3. The molecule has 0 fully saturated rings. The molecule has 3 heterocycles. The first-order valence-electron chi connectivity index (χ1n) is 16.7. The Labute approximate surface area is 279 Å². The van der Waals surface area contributed by atoms with Crippen molar-refractivity contribution >= 4 is 44.2 Å². The molecule has 48 heavy (non-hydrogen) atoms. The molecule has 10 rings (SSSR count). The predicted molar refractivity (Wildman–Crippen MR) is 198 cm³/mol. The minimum Gasteiger partial charge on any atom is -0.452 e. The van der Waals surface area contributed by atoms with Crippen LogP contribution in [-0.2, 0) is 5.41 Å². The van der Waals surface area contributed by atoms with Gasteiger partial charge in [0.05, 0.1) is 16.7 Å². The lowest BCUT2D eigenvalue weighted by Gasteiger charge is -2.32. The SMILES string of the molecule is CN1c2c(oc3cc(-n4c5ccccc5c5c6c(ccc54)-c4ccccc4C6(C)C)ccc23)C(c2ccccc2)=NC1c1ccccc1. The predicted octanol–water partition coefficient (Wildman–Crippen LogP) is 10.8. The zero-order chi connectivity index (χ0) is 32.1. The Bertz CT molecular complexity index is 2610. The van der Waals surface area contributed by atoms with Crippen molar-refractivity contribution in [2.75, 3.05) is 11.9 Å². The van der Waals surface area contributed by atoms with Crippen LogP contribution in [0.25, 0.3) is 49.6 Å². The second kappa shape index (κ2) is 9.82. The summed E-state index contributed by atoms with van der Waals surface area (Å²) in [6.07, 6.45) is -0.165. The average molecular weight is 620 g/mol. The van der Waals surface area contributed by atoms with E-state index < -0.39 is 0 Å². The molecule has 0 bridgehead atoms. The highest BCUT2D eigenvalue weighted by atomic mass is 16.3. The van der Waals surface area contributed by atoms with Crippen LogP contribution in [0.5, 0.6) is 0 Å². The molecule has 0 N–H and O–H groups in total. The molecule has 4 nitrogen and oxygen atoms in total. The number of fused-ring (bicyclic) bond motifs is 10. The van der Waals surface area contributed by atoms with E-state index >= 15 is 0 Å². The van der Waals surface area contributed by atoms with E-state index in [1.807, 2.05) is 6.07 Å². The number of benzene rings is 6. The van der Waals surface area contributed by atoms with Crippen LogP contribution in [0.3, 0.4) is 0 Å². The first-order valence-corrected chi connectivity index (χ1v) is 16.7. The third-order valence-electron chi connectivity index (χ3n) is 10.6. The van der Waals surface area contributed by atoms with Gasteiger partial charge in [0.25, 0.3) is 0 Å². The quantitative estimate of drug-likeness (QED) is 0.197. The Kier molecular flexibility index (Phi) is 5.58. The molecular weight excluding hydrogens is 587 g/mol. The molecule has 4 heteroatoms. The van der Waals surface area contributed by atoms with Crippen LogP contribution in [0.2, 0.25) is 0 Å². The van der Waals surface area contributed by atoms with Crippen LogP contribution < -0.4 is 4.90 Å². The van der Waals surface area contributed by atoms with E-state index in [1.165, 1.54) is 44.1 Å². The summed E-state index contributed by atoms with van der Waals surface area (Å²) in [6, 6.07) is 49.9. The molecule has 6 aromatic carbocycles. The van der Waals surface area contributed by atoms with E-state index in [1.54, 1.807) is 0 Å². The molecule has 1 atom stereocenters. The third-order valence-corrected chi connectivity index (χ3v) is 10.6. The number of hydrogen-bond acceptors (Lipinski definition) is 3. The van der Waals surface area contributed by atoms with Crippen molar-refractivity contribution in [3.8, 4) is 16.8 Å². The van der Waals surface area contributed by atoms with Crippen molar-refractivity contribution in [2.45, 2.75) is 25.4 Å². The van der Waals surface area contributed by atoms with Gasteiger partial charge < -0.3 is 13.9 Å². The van der Waals surface area contributed by atoms with Gasteiger partial charge >= 0.3 is 0 Å². The summed E-state index contributed by atoms with van der Waals surface area (Å²) >= 11 is 0. The molecule has 1 aliphatic heterocycles. The van der Waals surface area contributed by atoms with Gasteiger partial charge in [-0.25, -0.2) is 0 Å². The lowest BCUT2D eigenvalue weighted by atomic mass is 9.80. The number of anilines is 1. The Balaban J connectivity index is 1.20. The lowest BCUT2D eigenvalue weighted by molar-refractivity contribution is 0.587. The fourth-order valence-electron chi connectivity index (χ4n) is 8.45. The number of hydrogen-bond donors (Lipinski definition) is 0. The number of nitrogens with zero attached hydrogens (tertiary/aromatic N) is 3. The second-order valence-corrected chi connectivity index (χ2v) is 13.6. The van der Waals surface area contributed by atoms with Gasteiger partial charge in [0.15, 0.2) is 5.76 Å². The van der Waals surface area contributed by atoms with Gasteiger partial charge in [-0.15, -0.1) is 0 Å². The average Bonchev–Trinajstić information content (AvgIpc) is 3.75. The summed E-state index contributed by atoms with van der Waals surface area (Å²) in [5.41, 5.74) is 13.8. The van der Waals surface area contributed by atoms with Crippen molar-refractivity contribution in [3.63, 3.8) is 0 Å². The second-order valence-electron chi connectivity index (χ2n) is 13.6. The maximum absolute atomic E-state index is 6.84. The molecule has 2 aliphatic rings. The van der Waals surface area contributed by atoms with Crippen LogP contribution in [0.1, 0.15) is 48.0 Å². The molecule has 1 unspecified atom stereocenters. The molecule has 0 amide bonds. The molecule has 0 saturated carbocycles. The number of aromatic nitrogens is 1. The Hall–Kier alpha value is -5.87. The topological polar surface area (TPSA) is 33.7 Å². The van der Waals surface area contributed by atoms with Crippen molar-refractivity contribution in [2.24, 2.45) is 4.99 Å². The largest absolute Gasteiger partial charge is 0.452 e. The minimum absolute atomic E-state index is 0.114. The molecule has 2 aromatic heterocycles. The van der Waals surface area contributed by atoms with Gasteiger partial charge in [-0.3, -0.25) is 4.99 Å². The number of rotatable bonds is 3. The summed E-state index contributed by atoms with van der Waals surface area (Å²) in [7, 11) is 2.12. The van der Waals surface area contributed by atoms with Crippen LogP contribution in [0.4, 0.5) is 5.69 Å². The summed E-state index contributed by atoms with van der Waals surface area (Å²) in [5, 5.41) is 3.68. The monoisotopic (exact) mass is 619 g/mol. The minimum atomic E-state index is -0.165. The van der Waals surface area contributed by atoms with Crippen LogP contribution >= 0.6 is 0 Å². The standard InChI is InChI=1S/C44H33N3O/c1-44(2)34-20-12-10-18-30(34)31-24-25-36-38(39(31)44)32-19-11-13-21-35(32)47(36)29-22-23-33-37(26-29)48-42-40(27-14-6-4-7-15-27)45-43(46(3)41(33)42)28-16-8-5-9-17-28/h4-26,43H,1-3H3. The van der Waals surface area contributed by atoms with Crippen molar-refractivity contribution in [1.29, 1.82) is 0 Å². The fourth-order valence-corrected chi connectivity index (χ4v) is 8.45. The first-order chi connectivity index (χ1) is 23.5. The Morgan fingerprint density at radius 1 is 0.667 bits per heavy atom. The molecule has 0 radical (unpaired) electrons. The van der Waals surface area contributed by atoms with Gasteiger partial charge in [0.1, 0.15) is 17.5 Å². The summed E-state index contributed by atoms with van der Waals surface area (Å²) in [6.45, 7) is 4.74. The zero-order valence-electron chi connectivity index (χ0n) is 27.1. The number of para-hydroxylation sites is 1. The highest BCUT2D eigenvalue weighted by Crippen LogP contribution is 2.53. The first kappa shape index (κ1) is 27.3. The van der Waals surface area contributed by atoms with Gasteiger partial charge in [0.2, 0.25) is 0 Å². The highest BCUT2D eigenvalue weighted by molar-refractivity contribution is 6.19. The van der Waals surface area contributed by atoms with Gasteiger partial charge in [-0.2, -0.15) is 0 Å². The summed E-state index contributed by atoms with van der Waals surface area (Å²) < 4.78 is 9.25. The smallest absolute Gasteiger partial charge is 0.177 e. The van der Waals surface area contributed by atoms with Crippen molar-refractivity contribution < 1.29 is 4.42 Å². The van der Waals surface area contributed by atoms with E-state index in [0.717, 1.165) is 44.9 Å². The van der Waals surface area contributed by atoms with Crippen LogP contribution in [0.15, 0.2) is 149 Å². The van der Waals surface area contributed by atoms with Gasteiger partial charge in [0, 0.05) is 45.9 Å². The third kappa shape index (κ3) is 3.63. The molecule has 0 saturated heterocycles. The summed E-state index contributed by atoms with van der Waals surface area (Å²) in [4.78, 5) is 7.56. The molecule has 230 valence electrons. The molecule has 8 aromatic rings. The van der Waals surface area contributed by atoms with Crippen LogP contribution in [0, 0.1) is 0 Å². The maximum atomic E-state index is 6.84. The van der Waals surface area contributed by atoms with E-state index in [-0.39, 0.29) is 11.6 Å². The van der Waals surface area contributed by atoms with E-state index in [0.29, 0.717) is 0 Å². The fraction of sp³-hybridized carbons (Fsp3) is 0.114. The molecule has 1 aliphatic carbocycles. The summed E-state index contributed by atoms with van der Waals surface area (Å²) in [5.74, 6) is 0.808. The van der Waals surface area contributed by atoms with E-state index in [9.17, 15) is 0 Å². The molecule has 0 spiro atoms. The van der Waals surface area contributed by atoms with Gasteiger partial charge in [-0.05, 0) is 52.1 Å². The van der Waals surface area contributed by atoms with Crippen molar-refractivity contribution in [3.05, 3.63) is 168 Å². The Morgan fingerprint density at radius 2 is 1.40 bits per heavy atom. The highest BCUT2D eigenvalue weighted by Gasteiger charge is 2.38. The molecular formula is C44H33N3O. The number of aliphatic imine (C=N–C) groups is 1. The van der Waals surface area contributed by atoms with E-state index in [2.05, 4.69) is 164 Å². The van der Waals surface area contributed by atoms with Gasteiger partial charge in [-0.1, -0.05) is 123 Å². The number of furan rings is 1. The van der Waals surface area contributed by atoms with Crippen molar-refractivity contribution in [1.82, 2.24) is 4.57 Å². The van der Waals surface area contributed by atoms with E-state index in [4.69, 9.17) is 9.41 Å². The Morgan fingerprint density at radius 3 is 2.23 bits per heavy atom. The zero-order valence-corrected chi connectivity index (χ0v) is 27.1. The maximum Gasteiger partial charge on any atom is 0.177 e. The van der Waals surface area contributed by atoms with Crippen LogP contribution in [-0.4, -0.2) is 17.3 Å².